The van der Waals surface area contributed by atoms with Crippen LogP contribution in [-0.2, 0) is 39.3 Å². The lowest BCUT2D eigenvalue weighted by Gasteiger charge is -2.26. The van der Waals surface area contributed by atoms with Crippen LogP contribution >= 0.6 is 79.6 Å². The molecule has 0 aromatic carbocycles. The van der Waals surface area contributed by atoms with Crippen molar-refractivity contribution in [2.45, 2.75) is 228 Å². The fourth-order valence-electron chi connectivity index (χ4n) is 9.65. The summed E-state index contributed by atoms with van der Waals surface area (Å²) in [6.45, 7) is 17.9. The molecule has 4 aromatic heterocycles. The number of thiol groups is 1. The van der Waals surface area contributed by atoms with E-state index in [1.165, 1.54) is 45.3 Å². The zero-order chi connectivity index (χ0) is 47.1. The Morgan fingerprint density at radius 1 is 0.470 bits per heavy atom. The average Bonchev–Trinajstić information content (AvgIpc) is 4.04. The number of aryl methyl sites for hydroxylation is 1. The Hall–Kier alpha value is -0.350. The summed E-state index contributed by atoms with van der Waals surface area (Å²) in [6, 6.07) is 8.14. The van der Waals surface area contributed by atoms with Gasteiger partial charge in [0.2, 0.25) is 0 Å². The van der Waals surface area contributed by atoms with Crippen molar-refractivity contribution in [1.29, 1.82) is 0 Å². The molecule has 0 fully saturated rings. The lowest BCUT2D eigenvalue weighted by Crippen LogP contribution is -2.26. The zero-order valence-electron chi connectivity index (χ0n) is 38.2. The van der Waals surface area contributed by atoms with Crippen LogP contribution in [0.25, 0.3) is 0 Å². The molecule has 0 saturated heterocycles. The first-order valence-corrected chi connectivity index (χ1v) is 34.6. The number of hydrogen-bond acceptors (Lipinski definition) is 15. The summed E-state index contributed by atoms with van der Waals surface area (Å²) in [5.74, 6) is 1.46. The van der Waals surface area contributed by atoms with E-state index < -0.39 is 39.3 Å². The van der Waals surface area contributed by atoms with Crippen LogP contribution in [0.4, 0.5) is 0 Å². The molecule has 4 aliphatic heterocycles. The molecule has 0 spiro atoms. The summed E-state index contributed by atoms with van der Waals surface area (Å²) < 4.78 is 105. The van der Waals surface area contributed by atoms with Crippen LogP contribution in [0.5, 0.6) is 0 Å². The van der Waals surface area contributed by atoms with E-state index in [-0.39, 0.29) is 35.9 Å². The van der Waals surface area contributed by atoms with E-state index in [1.54, 1.807) is 21.6 Å². The highest BCUT2D eigenvalue weighted by Crippen LogP contribution is 2.53. The molecule has 66 heavy (non-hydrogen) atoms. The van der Waals surface area contributed by atoms with Gasteiger partial charge in [0.15, 0.2) is 39.3 Å². The van der Waals surface area contributed by atoms with Crippen molar-refractivity contribution >= 4 is 119 Å². The highest BCUT2D eigenvalue weighted by Gasteiger charge is 2.41. The lowest BCUT2D eigenvalue weighted by atomic mass is 9.91. The molecule has 374 valence electrons. The first kappa shape index (κ1) is 58.2. The molecule has 0 radical (unpaired) electrons. The molecule has 0 aliphatic carbocycles. The lowest BCUT2D eigenvalue weighted by molar-refractivity contribution is 0.512. The second kappa shape index (κ2) is 23.5. The van der Waals surface area contributed by atoms with Gasteiger partial charge in [-0.25, -0.2) is 33.7 Å². The van der Waals surface area contributed by atoms with Gasteiger partial charge in [-0.3, -0.25) is 0 Å². The third-order valence-corrected chi connectivity index (χ3v) is 32.0. The SMILES string of the molecule is C.C.CCC[C@H]1C[C@H](C)S(=O)(=O)c2sc(C)cc21.CCC[C@H]1C[C@H](C)S(=O)(=O)c2sc(S)cc21.CCC[C@H]1C[C@H](C)S(=O)(=O)c2sc(SSc3cc4c(s3)S(=O)(=O)[C@@H](C)C[C@@H]4CCC)cc21. The summed E-state index contributed by atoms with van der Waals surface area (Å²) in [5, 5.41) is -1.12. The van der Waals surface area contributed by atoms with Gasteiger partial charge in [0.25, 0.3) is 0 Å². The maximum atomic E-state index is 12.9. The summed E-state index contributed by atoms with van der Waals surface area (Å²) in [5.41, 5.74) is 4.07. The van der Waals surface area contributed by atoms with Crippen molar-refractivity contribution in [2.75, 3.05) is 0 Å². The quantitative estimate of drug-likeness (QED) is 0.114. The molecule has 0 N–H and O–H groups in total. The Kier molecular flexibility index (Phi) is 20.7. The third-order valence-electron chi connectivity index (χ3n) is 13.1. The number of hydrogen-bond donors (Lipinski definition) is 1. The largest absolute Gasteiger partial charge is 0.223 e. The molecule has 19 heteroatoms. The zero-order valence-corrected chi connectivity index (χ0v) is 47.3. The molecule has 4 aromatic rings. The van der Waals surface area contributed by atoms with Gasteiger partial charge < -0.3 is 0 Å². The van der Waals surface area contributed by atoms with E-state index >= 15 is 0 Å². The first-order chi connectivity index (χ1) is 30.0. The summed E-state index contributed by atoms with van der Waals surface area (Å²) >= 11 is 9.79. The minimum Gasteiger partial charge on any atom is -0.223 e. The molecule has 8 nitrogen and oxygen atoms in total. The van der Waals surface area contributed by atoms with E-state index in [9.17, 15) is 33.7 Å². The van der Waals surface area contributed by atoms with Crippen LogP contribution in [0.15, 0.2) is 53.7 Å². The predicted octanol–water partition coefficient (Wildman–Crippen LogP) is 15.8. The maximum Gasteiger partial charge on any atom is 0.190 e. The first-order valence-electron chi connectivity index (χ1n) is 22.5. The minimum absolute atomic E-state index is 0. The Labute approximate surface area is 428 Å². The number of fused-ring (bicyclic) bond motifs is 4. The topological polar surface area (TPSA) is 137 Å². The van der Waals surface area contributed by atoms with Gasteiger partial charge in [-0.1, -0.05) is 68.2 Å². The Morgan fingerprint density at radius 3 is 1.06 bits per heavy atom. The van der Waals surface area contributed by atoms with Crippen LogP contribution in [0.3, 0.4) is 0 Å². The van der Waals surface area contributed by atoms with Gasteiger partial charge in [0.1, 0.15) is 16.8 Å². The van der Waals surface area contributed by atoms with Gasteiger partial charge in [0, 0.05) is 4.88 Å². The summed E-state index contributed by atoms with van der Waals surface area (Å²) in [6.07, 6.45) is 11.4. The van der Waals surface area contributed by atoms with Crippen molar-refractivity contribution in [3.63, 3.8) is 0 Å². The molecule has 4 aliphatic rings. The van der Waals surface area contributed by atoms with Crippen LogP contribution in [-0.4, -0.2) is 54.7 Å². The summed E-state index contributed by atoms with van der Waals surface area (Å²) in [4.78, 5) is 1.11. The van der Waals surface area contributed by atoms with Crippen LogP contribution in [0.2, 0.25) is 0 Å². The fourth-order valence-corrected chi connectivity index (χ4v) is 27.5. The highest BCUT2D eigenvalue weighted by atomic mass is 33.1. The van der Waals surface area contributed by atoms with Crippen molar-refractivity contribution in [3.8, 4) is 0 Å². The van der Waals surface area contributed by atoms with E-state index in [0.29, 0.717) is 53.3 Å². The van der Waals surface area contributed by atoms with Crippen molar-refractivity contribution in [1.82, 2.24) is 0 Å². The van der Waals surface area contributed by atoms with Gasteiger partial charge in [-0.2, -0.15) is 0 Å². The van der Waals surface area contributed by atoms with Crippen molar-refractivity contribution in [2.24, 2.45) is 0 Å². The van der Waals surface area contributed by atoms with Crippen molar-refractivity contribution < 1.29 is 33.7 Å². The Balaban J connectivity index is 0.000000236. The Bertz CT molecular complexity index is 2540. The monoisotopic (exact) mass is 1120 g/mol. The average molecular weight is 1120 g/mol. The van der Waals surface area contributed by atoms with Gasteiger partial charge in [-0.15, -0.1) is 58.0 Å². The smallest absolute Gasteiger partial charge is 0.190 e. The minimum atomic E-state index is -3.25. The molecule has 0 bridgehead atoms. The number of thiophene rings is 4. The van der Waals surface area contributed by atoms with Gasteiger partial charge in [0.05, 0.1) is 33.6 Å². The molecule has 0 amide bonds. The maximum absolute atomic E-state index is 12.9. The fraction of sp³-hybridized carbons (Fsp3) is 0.660. The second-order valence-corrected chi connectivity index (χ2v) is 36.2. The van der Waals surface area contributed by atoms with Crippen LogP contribution < -0.4 is 0 Å². The molecule has 8 atom stereocenters. The van der Waals surface area contributed by atoms with Crippen LogP contribution in [0, 0.1) is 6.92 Å². The van der Waals surface area contributed by atoms with Gasteiger partial charge >= 0.3 is 0 Å². The predicted molar refractivity (Wildman–Crippen MR) is 290 cm³/mol. The molecule has 8 rings (SSSR count). The van der Waals surface area contributed by atoms with E-state index in [0.717, 1.165) is 104 Å². The number of rotatable bonds is 11. The van der Waals surface area contributed by atoms with Crippen molar-refractivity contribution in [3.05, 3.63) is 51.4 Å². The molecular weight excluding hydrogens is 1050 g/mol. The molecule has 0 saturated carbocycles. The van der Waals surface area contributed by atoms with Gasteiger partial charge in [-0.05, 0) is 178 Å². The highest BCUT2D eigenvalue weighted by molar-refractivity contribution is 8.77. The number of sulfone groups is 4. The third kappa shape index (κ3) is 11.9. The molecule has 8 heterocycles. The summed E-state index contributed by atoms with van der Waals surface area (Å²) in [7, 11) is -9.51. The van der Waals surface area contributed by atoms with E-state index in [1.807, 2.05) is 40.7 Å². The molecular formula is C47H72O8S11. The standard InChI is InChI=1S/C22H30O4S6.C12H18O2S2.C11H16O2S3.2CH4/c1-5-7-15-9-13(3)31(23,24)21-17(15)11-19(27-21)29-30-20-12-18-16(8-6-2)10-14(4)32(25,26)22(18)28-20;1-4-5-10-7-9(3)16(13,14)12-11(10)6-8(2)15-12;1-3-4-8-5-7(2)16(12,13)11-9(8)6-10(14)15-11;;/h11-16H,5-10H2,1-4H3;6,9-10H,4-5,7H2,1-3H3;6-8,14H,3-5H2,1-2H3;2*1H4/t13-,14-,15-,16-;9-,10-;7-,8-;;/m000../s1. The van der Waals surface area contributed by atoms with E-state index in [4.69, 9.17) is 0 Å². The normalized spacial score (nSPS) is 27.1. The second-order valence-electron chi connectivity index (χ2n) is 18.0. The van der Waals surface area contributed by atoms with Crippen LogP contribution in [0.1, 0.15) is 198 Å². The molecule has 0 unspecified atom stereocenters. The van der Waals surface area contributed by atoms with E-state index in [2.05, 4.69) is 58.5 Å². The Morgan fingerprint density at radius 2 is 0.742 bits per heavy atom.